The van der Waals surface area contributed by atoms with Crippen molar-refractivity contribution in [3.05, 3.63) is 0 Å². The van der Waals surface area contributed by atoms with Crippen LogP contribution in [0, 0.1) is 0 Å². The summed E-state index contributed by atoms with van der Waals surface area (Å²) in [6.07, 6.45) is -0.778. The number of esters is 2. The number of hydrogen-bond acceptors (Lipinski definition) is 6. The average Bonchev–Trinajstić information content (AvgIpc) is 2.18. The van der Waals surface area contributed by atoms with Crippen molar-refractivity contribution in [1.29, 1.82) is 0 Å². The minimum Gasteiger partial charge on any atom is -0.463 e. The second-order valence-corrected chi connectivity index (χ2v) is 2.85. The van der Waals surface area contributed by atoms with Crippen LogP contribution in [0.15, 0.2) is 0 Å². The Balaban J connectivity index is 3.73. The second-order valence-electron chi connectivity index (χ2n) is 2.85. The number of aliphatic hydroxyl groups is 2. The summed E-state index contributed by atoms with van der Waals surface area (Å²) in [6.45, 7) is 1.10. The van der Waals surface area contributed by atoms with E-state index < -0.39 is 18.0 Å². The molecule has 1 unspecified atom stereocenters. The Labute approximate surface area is 87.8 Å². The van der Waals surface area contributed by atoms with Gasteiger partial charge in [-0.3, -0.25) is 4.79 Å². The van der Waals surface area contributed by atoms with Crippen LogP contribution >= 0.6 is 0 Å². The standard InChI is InChI=1S/C9H16O6/c1-7(15-8(12)3-5-11)9(13)14-6-2-4-10/h7,10-11H,2-6H2,1H3. The fourth-order valence-corrected chi connectivity index (χ4v) is 0.750. The molecule has 15 heavy (non-hydrogen) atoms. The molecule has 0 bridgehead atoms. The van der Waals surface area contributed by atoms with Crippen molar-refractivity contribution in [1.82, 2.24) is 0 Å². The lowest BCUT2D eigenvalue weighted by Crippen LogP contribution is -2.27. The monoisotopic (exact) mass is 220 g/mol. The molecular formula is C9H16O6. The number of carbonyl (C=O) groups is 2. The van der Waals surface area contributed by atoms with E-state index in [0.717, 1.165) is 0 Å². The Hall–Kier alpha value is -1.14. The number of carbonyl (C=O) groups excluding carboxylic acids is 2. The summed E-state index contributed by atoms with van der Waals surface area (Å²) in [5, 5.41) is 16.8. The molecule has 0 saturated heterocycles. The Morgan fingerprint density at radius 1 is 1.27 bits per heavy atom. The van der Waals surface area contributed by atoms with Gasteiger partial charge in [-0.2, -0.15) is 0 Å². The summed E-state index contributed by atoms with van der Waals surface area (Å²) in [5.41, 5.74) is 0. The van der Waals surface area contributed by atoms with Gasteiger partial charge in [-0.25, -0.2) is 4.79 Å². The van der Waals surface area contributed by atoms with E-state index in [1.807, 2.05) is 0 Å². The number of rotatable bonds is 7. The molecule has 0 rings (SSSR count). The average molecular weight is 220 g/mol. The minimum atomic E-state index is -0.984. The highest BCUT2D eigenvalue weighted by Gasteiger charge is 2.18. The maximum absolute atomic E-state index is 11.1. The van der Waals surface area contributed by atoms with Gasteiger partial charge in [-0.05, 0) is 6.92 Å². The van der Waals surface area contributed by atoms with E-state index in [-0.39, 0.29) is 26.2 Å². The first-order chi connectivity index (χ1) is 7.11. The van der Waals surface area contributed by atoms with Crippen LogP contribution in [0.3, 0.4) is 0 Å². The largest absolute Gasteiger partial charge is 0.463 e. The topological polar surface area (TPSA) is 93.1 Å². The summed E-state index contributed by atoms with van der Waals surface area (Å²) in [5.74, 6) is -1.31. The highest BCUT2D eigenvalue weighted by molar-refractivity contribution is 5.78. The van der Waals surface area contributed by atoms with Crippen molar-refractivity contribution in [2.75, 3.05) is 19.8 Å². The summed E-state index contributed by atoms with van der Waals surface area (Å²) in [4.78, 5) is 22.0. The lowest BCUT2D eigenvalue weighted by Gasteiger charge is -2.11. The zero-order valence-corrected chi connectivity index (χ0v) is 8.64. The van der Waals surface area contributed by atoms with Gasteiger partial charge in [-0.1, -0.05) is 0 Å². The zero-order valence-electron chi connectivity index (χ0n) is 8.64. The highest BCUT2D eigenvalue weighted by Crippen LogP contribution is 1.98. The van der Waals surface area contributed by atoms with E-state index in [0.29, 0.717) is 6.42 Å². The lowest BCUT2D eigenvalue weighted by molar-refractivity contribution is -0.167. The molecule has 0 heterocycles. The molecule has 0 fully saturated rings. The molecule has 6 heteroatoms. The first-order valence-corrected chi connectivity index (χ1v) is 4.69. The molecule has 0 amide bonds. The molecule has 0 aromatic carbocycles. The smallest absolute Gasteiger partial charge is 0.347 e. The van der Waals surface area contributed by atoms with E-state index in [9.17, 15) is 9.59 Å². The summed E-state index contributed by atoms with van der Waals surface area (Å²) >= 11 is 0. The second kappa shape index (κ2) is 8.19. The maximum Gasteiger partial charge on any atom is 0.347 e. The number of aliphatic hydroxyl groups excluding tert-OH is 2. The van der Waals surface area contributed by atoms with Crippen LogP contribution in [0.2, 0.25) is 0 Å². The van der Waals surface area contributed by atoms with Crippen LogP contribution in [0.5, 0.6) is 0 Å². The fraction of sp³-hybridized carbons (Fsp3) is 0.778. The zero-order chi connectivity index (χ0) is 11.7. The molecule has 0 saturated carbocycles. The number of ether oxygens (including phenoxy) is 2. The fourth-order valence-electron chi connectivity index (χ4n) is 0.750. The molecule has 0 aliphatic carbocycles. The van der Waals surface area contributed by atoms with Crippen LogP contribution in [-0.4, -0.2) is 48.1 Å². The minimum absolute atomic E-state index is 0.0635. The van der Waals surface area contributed by atoms with Crippen molar-refractivity contribution in [3.8, 4) is 0 Å². The van der Waals surface area contributed by atoms with E-state index in [4.69, 9.17) is 10.2 Å². The van der Waals surface area contributed by atoms with Gasteiger partial charge in [0.15, 0.2) is 6.10 Å². The van der Waals surface area contributed by atoms with Gasteiger partial charge in [0.2, 0.25) is 0 Å². The lowest BCUT2D eigenvalue weighted by atomic mass is 10.4. The van der Waals surface area contributed by atoms with E-state index >= 15 is 0 Å². The normalized spacial score (nSPS) is 11.9. The molecule has 2 N–H and O–H groups in total. The van der Waals surface area contributed by atoms with Crippen LogP contribution < -0.4 is 0 Å². The third-order valence-corrected chi connectivity index (χ3v) is 1.50. The molecule has 0 aromatic heterocycles. The van der Waals surface area contributed by atoms with Gasteiger partial charge < -0.3 is 19.7 Å². The molecule has 1 atom stereocenters. The van der Waals surface area contributed by atoms with Gasteiger partial charge in [0.1, 0.15) is 0 Å². The Kier molecular flexibility index (Phi) is 7.57. The van der Waals surface area contributed by atoms with Crippen molar-refractivity contribution in [3.63, 3.8) is 0 Å². The van der Waals surface area contributed by atoms with Gasteiger partial charge in [0, 0.05) is 13.0 Å². The predicted octanol–water partition coefficient (Wildman–Crippen LogP) is -0.774. The van der Waals surface area contributed by atoms with Crippen molar-refractivity contribution < 1.29 is 29.3 Å². The summed E-state index contributed by atoms with van der Waals surface area (Å²) in [7, 11) is 0. The Bertz CT molecular complexity index is 203. The number of hydrogen-bond donors (Lipinski definition) is 2. The van der Waals surface area contributed by atoms with E-state index in [1.54, 1.807) is 0 Å². The third-order valence-electron chi connectivity index (χ3n) is 1.50. The molecule has 0 aliphatic rings. The summed E-state index contributed by atoms with van der Waals surface area (Å²) in [6, 6.07) is 0. The van der Waals surface area contributed by atoms with E-state index in [2.05, 4.69) is 9.47 Å². The van der Waals surface area contributed by atoms with Crippen LogP contribution in [-0.2, 0) is 19.1 Å². The molecule has 88 valence electrons. The quantitative estimate of drug-likeness (QED) is 0.432. The van der Waals surface area contributed by atoms with Crippen LogP contribution in [0.1, 0.15) is 19.8 Å². The summed E-state index contributed by atoms with van der Waals surface area (Å²) < 4.78 is 9.33. The molecule has 6 nitrogen and oxygen atoms in total. The van der Waals surface area contributed by atoms with Crippen LogP contribution in [0.25, 0.3) is 0 Å². The van der Waals surface area contributed by atoms with Gasteiger partial charge in [-0.15, -0.1) is 0 Å². The third kappa shape index (κ3) is 6.87. The first-order valence-electron chi connectivity index (χ1n) is 4.69. The maximum atomic E-state index is 11.1. The van der Waals surface area contributed by atoms with Gasteiger partial charge >= 0.3 is 11.9 Å². The van der Waals surface area contributed by atoms with Gasteiger partial charge in [0.05, 0.1) is 19.6 Å². The van der Waals surface area contributed by atoms with E-state index in [1.165, 1.54) is 6.92 Å². The first kappa shape index (κ1) is 13.9. The van der Waals surface area contributed by atoms with Crippen molar-refractivity contribution >= 4 is 11.9 Å². The molecule has 0 radical (unpaired) electrons. The van der Waals surface area contributed by atoms with Crippen LogP contribution in [0.4, 0.5) is 0 Å². The molecule has 0 spiro atoms. The Morgan fingerprint density at radius 3 is 2.47 bits per heavy atom. The Morgan fingerprint density at radius 2 is 1.93 bits per heavy atom. The predicted molar refractivity (Wildman–Crippen MR) is 49.9 cm³/mol. The molecular weight excluding hydrogens is 204 g/mol. The molecule has 0 aromatic rings. The van der Waals surface area contributed by atoms with Gasteiger partial charge in [0.25, 0.3) is 0 Å². The van der Waals surface area contributed by atoms with Crippen molar-refractivity contribution in [2.24, 2.45) is 0 Å². The molecule has 0 aliphatic heterocycles. The highest BCUT2D eigenvalue weighted by atomic mass is 16.6. The SMILES string of the molecule is CC(OC(=O)CCO)C(=O)OCCCO. The van der Waals surface area contributed by atoms with Crippen molar-refractivity contribution in [2.45, 2.75) is 25.9 Å².